The van der Waals surface area contributed by atoms with Crippen molar-refractivity contribution in [2.45, 2.75) is 5.57 Å². The number of amides is 1. The predicted molar refractivity (Wildman–Crippen MR) is 116 cm³/mol. The molecule has 2 aromatic heterocycles. The molecule has 1 aromatic carbocycles. The van der Waals surface area contributed by atoms with Gasteiger partial charge in [-0.15, -0.1) is 8.78 Å². The number of aromatic nitrogens is 2. The summed E-state index contributed by atoms with van der Waals surface area (Å²) in [7, 11) is 0. The normalized spacial score (nSPS) is 13.5. The number of hydrogen-bond acceptors (Lipinski definition) is 7. The van der Waals surface area contributed by atoms with E-state index in [1.54, 1.807) is 18.3 Å². The van der Waals surface area contributed by atoms with Gasteiger partial charge < -0.3 is 19.7 Å². The van der Waals surface area contributed by atoms with Crippen LogP contribution in [0, 0.1) is 11.3 Å². The summed E-state index contributed by atoms with van der Waals surface area (Å²) in [6.07, 6.45) is 4.46. The molecule has 1 aliphatic heterocycles. The molecular weight excluding hydrogens is 456 g/mol. The Bertz CT molecular complexity index is 1210. The fourth-order valence-corrected chi connectivity index (χ4v) is 3.31. The second-order valence-electron chi connectivity index (χ2n) is 7.00. The number of nitrogens with zero attached hydrogens (tertiary/aromatic N) is 4. The van der Waals surface area contributed by atoms with Gasteiger partial charge in [-0.3, -0.25) is 9.78 Å². The van der Waals surface area contributed by atoms with E-state index in [4.69, 9.17) is 16.3 Å². The van der Waals surface area contributed by atoms with Crippen molar-refractivity contribution >= 4 is 29.0 Å². The Hall–Kier alpha value is -3.81. The number of nitrogens with one attached hydrogen (secondary N) is 1. The van der Waals surface area contributed by atoms with Crippen LogP contribution in [0.5, 0.6) is 5.75 Å². The Morgan fingerprint density at radius 2 is 2.03 bits per heavy atom. The third-order valence-electron chi connectivity index (χ3n) is 4.71. The van der Waals surface area contributed by atoms with Crippen molar-refractivity contribution in [3.05, 3.63) is 66.1 Å². The average Bonchev–Trinajstić information content (AvgIpc) is 3.34. The second-order valence-corrected chi connectivity index (χ2v) is 7.44. The third kappa shape index (κ3) is 5.52. The molecule has 1 fully saturated rings. The molecule has 1 amide bonds. The quantitative estimate of drug-likeness (QED) is 0.537. The van der Waals surface area contributed by atoms with Crippen LogP contribution < -0.4 is 15.0 Å². The minimum atomic E-state index is -3.83. The number of pyridine rings is 2. The molecule has 3 heterocycles. The van der Waals surface area contributed by atoms with Crippen LogP contribution in [0.4, 0.5) is 20.3 Å². The molecule has 3 aromatic rings. The largest absolute Gasteiger partial charge is 0.487 e. The summed E-state index contributed by atoms with van der Waals surface area (Å²) in [6, 6.07) is 10.7. The van der Waals surface area contributed by atoms with Gasteiger partial charge in [0.15, 0.2) is 0 Å². The molecule has 0 unspecified atom stereocenters. The summed E-state index contributed by atoms with van der Waals surface area (Å²) in [5, 5.41) is 11.9. The SMILES string of the molecule is N#Cc1cncc(-c2cc(C(=O)Nc3ccc(OC(F)(F)Cl)cc3)cnc2N2CCOC2)c1. The van der Waals surface area contributed by atoms with Crippen LogP contribution in [0.1, 0.15) is 15.9 Å². The van der Waals surface area contributed by atoms with Gasteiger partial charge in [-0.05, 0) is 36.4 Å². The molecule has 0 atom stereocenters. The minimum absolute atomic E-state index is 0.154. The highest BCUT2D eigenvalue weighted by Gasteiger charge is 2.27. The monoisotopic (exact) mass is 471 g/mol. The number of ether oxygens (including phenoxy) is 2. The Kier molecular flexibility index (Phi) is 6.35. The van der Waals surface area contributed by atoms with Crippen LogP contribution in [-0.4, -0.2) is 41.3 Å². The third-order valence-corrected chi connectivity index (χ3v) is 4.78. The van der Waals surface area contributed by atoms with Crippen LogP contribution >= 0.6 is 11.6 Å². The summed E-state index contributed by atoms with van der Waals surface area (Å²) < 4.78 is 35.2. The number of hydrogen-bond donors (Lipinski definition) is 1. The lowest BCUT2D eigenvalue weighted by molar-refractivity contribution is -0.0964. The van der Waals surface area contributed by atoms with Gasteiger partial charge >= 0.3 is 5.57 Å². The molecular formula is C22H16ClF2N5O3. The summed E-state index contributed by atoms with van der Waals surface area (Å²) in [4.78, 5) is 23.3. The number of carbonyl (C=O) groups excluding carboxylic acids is 1. The van der Waals surface area contributed by atoms with E-state index in [1.807, 2.05) is 11.0 Å². The van der Waals surface area contributed by atoms with Crippen molar-refractivity contribution in [1.82, 2.24) is 9.97 Å². The van der Waals surface area contributed by atoms with Crippen LogP contribution in [0.25, 0.3) is 11.1 Å². The molecule has 0 bridgehead atoms. The number of carbonyl (C=O) groups is 1. The van der Waals surface area contributed by atoms with Gasteiger partial charge in [0.25, 0.3) is 5.91 Å². The van der Waals surface area contributed by atoms with Crippen LogP contribution in [0.15, 0.2) is 55.0 Å². The summed E-state index contributed by atoms with van der Waals surface area (Å²) in [5.74, 6) is -0.0165. The van der Waals surface area contributed by atoms with Gasteiger partial charge in [0.05, 0.1) is 17.7 Å². The smallest absolute Gasteiger partial charge is 0.420 e. The van der Waals surface area contributed by atoms with Gasteiger partial charge in [-0.25, -0.2) is 4.98 Å². The fraction of sp³-hybridized carbons (Fsp3) is 0.182. The van der Waals surface area contributed by atoms with Crippen molar-refractivity contribution in [2.75, 3.05) is 30.1 Å². The van der Waals surface area contributed by atoms with Gasteiger partial charge in [0.2, 0.25) is 0 Å². The second kappa shape index (κ2) is 9.36. The fourth-order valence-electron chi connectivity index (χ4n) is 3.22. The number of rotatable bonds is 6. The zero-order valence-corrected chi connectivity index (χ0v) is 17.7. The summed E-state index contributed by atoms with van der Waals surface area (Å²) >= 11 is 4.75. The summed E-state index contributed by atoms with van der Waals surface area (Å²) in [6.45, 7) is 1.54. The molecule has 33 heavy (non-hydrogen) atoms. The first-order chi connectivity index (χ1) is 15.8. The first-order valence-electron chi connectivity index (χ1n) is 9.68. The van der Waals surface area contributed by atoms with Crippen molar-refractivity contribution in [3.8, 4) is 22.9 Å². The van der Waals surface area contributed by atoms with E-state index in [2.05, 4.69) is 20.0 Å². The van der Waals surface area contributed by atoms with Crippen molar-refractivity contribution in [3.63, 3.8) is 0 Å². The highest BCUT2D eigenvalue weighted by molar-refractivity contribution is 6.20. The maximum absolute atomic E-state index is 12.8. The standard InChI is InChI=1S/C22H16ClF2N5O3/c23-22(24,25)33-18-3-1-17(2-4-18)29-21(31)16-8-19(15-7-14(9-26)10-27-11-15)20(28-12-16)30-5-6-32-13-30/h1-4,7-8,10-12H,5-6,13H2,(H,29,31). The maximum Gasteiger partial charge on any atom is 0.487 e. The number of alkyl halides is 3. The van der Waals surface area contributed by atoms with Crippen molar-refractivity contribution in [2.24, 2.45) is 0 Å². The van der Waals surface area contributed by atoms with E-state index in [9.17, 15) is 18.8 Å². The molecule has 0 radical (unpaired) electrons. The van der Waals surface area contributed by atoms with E-state index in [-0.39, 0.29) is 11.3 Å². The molecule has 4 rings (SSSR count). The first-order valence-corrected chi connectivity index (χ1v) is 10.1. The molecule has 1 N–H and O–H groups in total. The van der Waals surface area contributed by atoms with Gasteiger partial charge in [0, 0.05) is 53.6 Å². The number of nitriles is 1. The molecule has 8 nitrogen and oxygen atoms in total. The van der Waals surface area contributed by atoms with E-state index in [0.717, 1.165) is 0 Å². The molecule has 11 heteroatoms. The van der Waals surface area contributed by atoms with Crippen LogP contribution in [0.2, 0.25) is 0 Å². The Morgan fingerprint density at radius 3 is 2.70 bits per heavy atom. The zero-order chi connectivity index (χ0) is 23.4. The van der Waals surface area contributed by atoms with E-state index < -0.39 is 11.5 Å². The van der Waals surface area contributed by atoms with Gasteiger partial charge in [0.1, 0.15) is 24.4 Å². The zero-order valence-electron chi connectivity index (χ0n) is 17.0. The van der Waals surface area contributed by atoms with E-state index in [0.29, 0.717) is 48.1 Å². The maximum atomic E-state index is 12.8. The highest BCUT2D eigenvalue weighted by atomic mass is 35.5. The molecule has 1 saturated heterocycles. The van der Waals surface area contributed by atoms with Crippen LogP contribution in [0.3, 0.4) is 0 Å². The lowest BCUT2D eigenvalue weighted by Crippen LogP contribution is -2.21. The molecule has 168 valence electrons. The lowest BCUT2D eigenvalue weighted by atomic mass is 10.0. The number of anilines is 2. The summed E-state index contributed by atoms with van der Waals surface area (Å²) in [5.41, 5.74) is -1.60. The molecule has 0 spiro atoms. The Balaban J connectivity index is 1.61. The Morgan fingerprint density at radius 1 is 1.24 bits per heavy atom. The van der Waals surface area contributed by atoms with Crippen molar-refractivity contribution in [1.29, 1.82) is 5.26 Å². The van der Waals surface area contributed by atoms with E-state index in [1.165, 1.54) is 36.7 Å². The van der Waals surface area contributed by atoms with Crippen molar-refractivity contribution < 1.29 is 23.0 Å². The Labute approximate surface area is 192 Å². The first kappa shape index (κ1) is 22.4. The molecule has 0 aliphatic carbocycles. The predicted octanol–water partition coefficient (Wildman–Crippen LogP) is 4.23. The van der Waals surface area contributed by atoms with Crippen LogP contribution in [-0.2, 0) is 4.74 Å². The number of halogens is 3. The topological polar surface area (TPSA) is 100 Å². The van der Waals surface area contributed by atoms with Gasteiger partial charge in [-0.1, -0.05) is 0 Å². The average molecular weight is 472 g/mol. The molecule has 1 aliphatic rings. The minimum Gasteiger partial charge on any atom is -0.420 e. The molecule has 0 saturated carbocycles. The van der Waals surface area contributed by atoms with E-state index >= 15 is 0 Å². The number of benzene rings is 1. The van der Waals surface area contributed by atoms with Gasteiger partial charge in [-0.2, -0.15) is 5.26 Å². The highest BCUT2D eigenvalue weighted by Crippen LogP contribution is 2.31. The lowest BCUT2D eigenvalue weighted by Gasteiger charge is -2.19.